The Kier molecular flexibility index (Phi) is 4.34. The number of hydrogen-bond acceptors (Lipinski definition) is 4. The highest BCUT2D eigenvalue weighted by molar-refractivity contribution is 14.1. The maximum atomic E-state index is 12.2. The van der Waals surface area contributed by atoms with E-state index in [2.05, 4.69) is 27.9 Å². The van der Waals surface area contributed by atoms with Crippen molar-refractivity contribution < 1.29 is 14.3 Å². The molecule has 0 fully saturated rings. The molecule has 0 bridgehead atoms. The van der Waals surface area contributed by atoms with Gasteiger partial charge in [-0.3, -0.25) is 4.79 Å². The Hall–Kier alpha value is -1.28. The SMILES string of the molecule is CC(NC(=O)c1csc(I)c1)c1ccc2c(c1)OCCO2. The van der Waals surface area contributed by atoms with Crippen LogP contribution in [0.25, 0.3) is 0 Å². The summed E-state index contributed by atoms with van der Waals surface area (Å²) in [6.45, 7) is 3.10. The lowest BCUT2D eigenvalue weighted by atomic mass is 10.1. The van der Waals surface area contributed by atoms with E-state index in [4.69, 9.17) is 9.47 Å². The molecule has 0 saturated carbocycles. The van der Waals surface area contributed by atoms with Crippen LogP contribution in [0.5, 0.6) is 11.5 Å². The van der Waals surface area contributed by atoms with Gasteiger partial charge in [0.25, 0.3) is 5.91 Å². The molecule has 110 valence electrons. The number of benzene rings is 1. The number of halogens is 1. The van der Waals surface area contributed by atoms with Crippen LogP contribution >= 0.6 is 33.9 Å². The van der Waals surface area contributed by atoms with E-state index in [9.17, 15) is 4.79 Å². The molecule has 0 aliphatic carbocycles. The Morgan fingerprint density at radius 3 is 2.76 bits per heavy atom. The van der Waals surface area contributed by atoms with Gasteiger partial charge in [-0.25, -0.2) is 0 Å². The minimum Gasteiger partial charge on any atom is -0.486 e. The van der Waals surface area contributed by atoms with Crippen LogP contribution in [0.15, 0.2) is 29.6 Å². The third-order valence-electron chi connectivity index (χ3n) is 3.24. The Balaban J connectivity index is 1.73. The van der Waals surface area contributed by atoms with Crippen molar-refractivity contribution in [1.29, 1.82) is 0 Å². The summed E-state index contributed by atoms with van der Waals surface area (Å²) in [5, 5.41) is 4.87. The molecule has 2 aromatic rings. The first-order chi connectivity index (χ1) is 10.1. The first kappa shape index (κ1) is 14.6. The van der Waals surface area contributed by atoms with Crippen LogP contribution in [-0.4, -0.2) is 19.1 Å². The normalized spacial score (nSPS) is 14.6. The lowest BCUT2D eigenvalue weighted by molar-refractivity contribution is 0.0940. The number of fused-ring (bicyclic) bond motifs is 1. The number of carbonyl (C=O) groups excluding carboxylic acids is 1. The van der Waals surface area contributed by atoms with E-state index in [0.29, 0.717) is 18.8 Å². The molecule has 0 radical (unpaired) electrons. The molecular formula is C15H14INO3S. The summed E-state index contributed by atoms with van der Waals surface area (Å²) in [7, 11) is 0. The zero-order valence-electron chi connectivity index (χ0n) is 11.4. The topological polar surface area (TPSA) is 47.6 Å². The van der Waals surface area contributed by atoms with Gasteiger partial charge in [0.2, 0.25) is 0 Å². The number of amides is 1. The molecule has 4 nitrogen and oxygen atoms in total. The second-order valence-electron chi connectivity index (χ2n) is 4.74. The van der Waals surface area contributed by atoms with E-state index in [1.807, 2.05) is 36.6 Å². The Bertz CT molecular complexity index is 671. The first-order valence-corrected chi connectivity index (χ1v) is 8.54. The molecule has 1 unspecified atom stereocenters. The molecular weight excluding hydrogens is 401 g/mol. The summed E-state index contributed by atoms with van der Waals surface area (Å²) in [5.41, 5.74) is 1.70. The molecule has 1 aromatic heterocycles. The number of nitrogens with one attached hydrogen (secondary N) is 1. The lowest BCUT2D eigenvalue weighted by Crippen LogP contribution is -2.26. The summed E-state index contributed by atoms with van der Waals surface area (Å²) in [6.07, 6.45) is 0. The van der Waals surface area contributed by atoms with Gasteiger partial charge < -0.3 is 14.8 Å². The smallest absolute Gasteiger partial charge is 0.252 e. The summed E-state index contributed by atoms with van der Waals surface area (Å²) in [4.78, 5) is 12.2. The van der Waals surface area contributed by atoms with Crippen LogP contribution in [0.1, 0.15) is 28.9 Å². The molecule has 1 N–H and O–H groups in total. The highest BCUT2D eigenvalue weighted by atomic mass is 127. The van der Waals surface area contributed by atoms with Gasteiger partial charge in [0.1, 0.15) is 13.2 Å². The molecule has 0 spiro atoms. The number of rotatable bonds is 3. The van der Waals surface area contributed by atoms with E-state index >= 15 is 0 Å². The summed E-state index contributed by atoms with van der Waals surface area (Å²) in [6, 6.07) is 7.56. The predicted molar refractivity (Wildman–Crippen MR) is 90.3 cm³/mol. The highest BCUT2D eigenvalue weighted by Crippen LogP contribution is 2.32. The van der Waals surface area contributed by atoms with Crippen molar-refractivity contribution in [3.63, 3.8) is 0 Å². The number of carbonyl (C=O) groups is 1. The standard InChI is InChI=1S/C15H14INO3S/c1-9(17-15(18)11-7-14(16)21-8-11)10-2-3-12-13(6-10)20-5-4-19-12/h2-3,6-9H,4-5H2,1H3,(H,17,18). The summed E-state index contributed by atoms with van der Waals surface area (Å²) in [5.74, 6) is 1.44. The van der Waals surface area contributed by atoms with E-state index in [1.54, 1.807) is 11.3 Å². The minimum absolute atomic E-state index is 0.0587. The average Bonchev–Trinajstić information content (AvgIpc) is 2.93. The third-order valence-corrected chi connectivity index (χ3v) is 5.03. The Morgan fingerprint density at radius 1 is 1.29 bits per heavy atom. The van der Waals surface area contributed by atoms with Crippen molar-refractivity contribution in [3.05, 3.63) is 43.7 Å². The van der Waals surface area contributed by atoms with E-state index in [0.717, 1.165) is 19.9 Å². The van der Waals surface area contributed by atoms with Gasteiger partial charge in [0.15, 0.2) is 11.5 Å². The van der Waals surface area contributed by atoms with Gasteiger partial charge in [0.05, 0.1) is 14.5 Å². The second kappa shape index (κ2) is 6.23. The fourth-order valence-corrected chi connectivity index (χ4v) is 3.45. The minimum atomic E-state index is -0.0918. The quantitative estimate of drug-likeness (QED) is 0.780. The van der Waals surface area contributed by atoms with Gasteiger partial charge in [-0.05, 0) is 53.3 Å². The molecule has 2 heterocycles. The molecule has 1 aliphatic rings. The summed E-state index contributed by atoms with van der Waals surface area (Å²) < 4.78 is 12.2. The predicted octanol–water partition coefficient (Wildman–Crippen LogP) is 3.61. The van der Waals surface area contributed by atoms with E-state index in [1.165, 1.54) is 0 Å². The van der Waals surface area contributed by atoms with Crippen LogP contribution in [0.4, 0.5) is 0 Å². The van der Waals surface area contributed by atoms with Gasteiger partial charge in [-0.15, -0.1) is 11.3 Å². The van der Waals surface area contributed by atoms with Crippen molar-refractivity contribution >= 4 is 39.8 Å². The fourth-order valence-electron chi connectivity index (χ4n) is 2.12. The average molecular weight is 415 g/mol. The fraction of sp³-hybridized carbons (Fsp3) is 0.267. The van der Waals surface area contributed by atoms with Gasteiger partial charge in [0, 0.05) is 5.38 Å². The van der Waals surface area contributed by atoms with Gasteiger partial charge >= 0.3 is 0 Å². The molecule has 1 amide bonds. The Morgan fingerprint density at radius 2 is 2.05 bits per heavy atom. The maximum Gasteiger partial charge on any atom is 0.252 e. The second-order valence-corrected chi connectivity index (χ2v) is 7.54. The molecule has 1 aromatic carbocycles. The van der Waals surface area contributed by atoms with Crippen LogP contribution in [-0.2, 0) is 0 Å². The van der Waals surface area contributed by atoms with Crippen molar-refractivity contribution in [1.82, 2.24) is 5.32 Å². The third kappa shape index (κ3) is 3.32. The molecule has 6 heteroatoms. The number of ether oxygens (including phenoxy) is 2. The van der Waals surface area contributed by atoms with Crippen molar-refractivity contribution in [2.24, 2.45) is 0 Å². The molecule has 1 atom stereocenters. The summed E-state index contributed by atoms with van der Waals surface area (Å²) >= 11 is 3.77. The van der Waals surface area contributed by atoms with Crippen molar-refractivity contribution in [3.8, 4) is 11.5 Å². The number of hydrogen-bond donors (Lipinski definition) is 1. The molecule has 21 heavy (non-hydrogen) atoms. The first-order valence-electron chi connectivity index (χ1n) is 6.58. The monoisotopic (exact) mass is 415 g/mol. The van der Waals surface area contributed by atoms with Crippen LogP contribution in [0, 0.1) is 2.88 Å². The van der Waals surface area contributed by atoms with Crippen molar-refractivity contribution in [2.45, 2.75) is 13.0 Å². The van der Waals surface area contributed by atoms with Crippen LogP contribution < -0.4 is 14.8 Å². The van der Waals surface area contributed by atoms with Crippen molar-refractivity contribution in [2.75, 3.05) is 13.2 Å². The lowest BCUT2D eigenvalue weighted by Gasteiger charge is -2.21. The van der Waals surface area contributed by atoms with Gasteiger partial charge in [-0.2, -0.15) is 0 Å². The van der Waals surface area contributed by atoms with E-state index in [-0.39, 0.29) is 11.9 Å². The molecule has 1 aliphatic heterocycles. The molecule has 0 saturated heterocycles. The van der Waals surface area contributed by atoms with Gasteiger partial charge in [-0.1, -0.05) is 6.07 Å². The van der Waals surface area contributed by atoms with Crippen LogP contribution in [0.3, 0.4) is 0 Å². The zero-order chi connectivity index (χ0) is 14.8. The molecule has 3 rings (SSSR count). The number of thiophene rings is 1. The maximum absolute atomic E-state index is 12.2. The zero-order valence-corrected chi connectivity index (χ0v) is 14.4. The largest absolute Gasteiger partial charge is 0.486 e. The highest BCUT2D eigenvalue weighted by Gasteiger charge is 2.16. The van der Waals surface area contributed by atoms with E-state index < -0.39 is 0 Å². The Labute approximate surface area is 140 Å². The van der Waals surface area contributed by atoms with Crippen LogP contribution in [0.2, 0.25) is 0 Å².